The van der Waals surface area contributed by atoms with Crippen molar-refractivity contribution < 1.29 is 18.7 Å². The number of ether oxygens (including phenoxy) is 2. The van der Waals surface area contributed by atoms with Crippen molar-refractivity contribution in [1.29, 1.82) is 0 Å². The molecule has 4 rings (SSSR count). The second kappa shape index (κ2) is 9.32. The molecular formula is C24H26N2O5. The van der Waals surface area contributed by atoms with E-state index in [4.69, 9.17) is 13.9 Å². The Hall–Kier alpha value is -3.16. The van der Waals surface area contributed by atoms with Crippen LogP contribution in [-0.2, 0) is 4.74 Å². The van der Waals surface area contributed by atoms with Gasteiger partial charge in [-0.15, -0.1) is 0 Å². The van der Waals surface area contributed by atoms with E-state index in [0.29, 0.717) is 30.7 Å². The molecular weight excluding hydrogens is 396 g/mol. The van der Waals surface area contributed by atoms with Crippen molar-refractivity contribution in [2.24, 2.45) is 0 Å². The summed E-state index contributed by atoms with van der Waals surface area (Å²) >= 11 is 0. The van der Waals surface area contributed by atoms with Crippen LogP contribution in [0.15, 0.2) is 57.7 Å². The third kappa shape index (κ3) is 4.78. The van der Waals surface area contributed by atoms with Crippen LogP contribution in [0.3, 0.4) is 0 Å². The lowest BCUT2D eigenvalue weighted by Crippen LogP contribution is -2.43. The number of rotatable bonds is 6. The van der Waals surface area contributed by atoms with E-state index in [0.717, 1.165) is 30.0 Å². The van der Waals surface area contributed by atoms with E-state index in [-0.39, 0.29) is 17.2 Å². The number of aryl methyl sites for hydroxylation is 1. The van der Waals surface area contributed by atoms with Crippen LogP contribution in [0.5, 0.6) is 5.75 Å². The molecule has 3 aromatic rings. The molecule has 0 aliphatic carbocycles. The molecule has 0 saturated carbocycles. The Morgan fingerprint density at radius 1 is 1.13 bits per heavy atom. The number of methoxy groups -OCH3 is 1. The van der Waals surface area contributed by atoms with Crippen LogP contribution in [0.1, 0.15) is 27.7 Å². The third-order valence-electron chi connectivity index (χ3n) is 5.55. The van der Waals surface area contributed by atoms with Crippen molar-refractivity contribution in [3.63, 3.8) is 0 Å². The standard InChI is InChI=1S/C24H26N2O5/c1-16-3-8-19-21(27)14-23(31-22(19)13-16)24(28)25-15-20(26-9-11-30-12-10-26)17-4-6-18(29-2)7-5-17/h3-8,13-14,20H,9-12,15H2,1-2H3,(H,25,28)/t20-/m1/s1. The fourth-order valence-corrected chi connectivity index (χ4v) is 3.82. The molecule has 1 fully saturated rings. The second-order valence-corrected chi connectivity index (χ2v) is 7.62. The van der Waals surface area contributed by atoms with Crippen LogP contribution < -0.4 is 15.5 Å². The number of carbonyl (C=O) groups excluding carboxylic acids is 1. The summed E-state index contributed by atoms with van der Waals surface area (Å²) in [5, 5.41) is 3.41. The number of morpholine rings is 1. The topological polar surface area (TPSA) is 81.0 Å². The molecule has 1 aliphatic heterocycles. The van der Waals surface area contributed by atoms with E-state index < -0.39 is 5.91 Å². The van der Waals surface area contributed by atoms with Crippen molar-refractivity contribution >= 4 is 16.9 Å². The van der Waals surface area contributed by atoms with Gasteiger partial charge in [0.2, 0.25) is 0 Å². The smallest absolute Gasteiger partial charge is 0.287 e. The van der Waals surface area contributed by atoms with E-state index in [1.807, 2.05) is 37.3 Å². The Morgan fingerprint density at radius 3 is 2.58 bits per heavy atom. The van der Waals surface area contributed by atoms with E-state index in [1.165, 1.54) is 6.07 Å². The normalized spacial score (nSPS) is 15.5. The second-order valence-electron chi connectivity index (χ2n) is 7.62. The van der Waals surface area contributed by atoms with Gasteiger partial charge in [0.05, 0.1) is 31.8 Å². The third-order valence-corrected chi connectivity index (χ3v) is 5.55. The molecule has 7 heteroatoms. The summed E-state index contributed by atoms with van der Waals surface area (Å²) < 4.78 is 16.5. The fraction of sp³-hybridized carbons (Fsp3) is 0.333. The summed E-state index contributed by atoms with van der Waals surface area (Å²) in [5.41, 5.74) is 2.21. The highest BCUT2D eigenvalue weighted by Gasteiger charge is 2.24. The minimum atomic E-state index is -0.410. The lowest BCUT2D eigenvalue weighted by molar-refractivity contribution is 0.0161. The van der Waals surface area contributed by atoms with Gasteiger partial charge < -0.3 is 19.2 Å². The van der Waals surface area contributed by atoms with Crippen molar-refractivity contribution in [1.82, 2.24) is 10.2 Å². The van der Waals surface area contributed by atoms with Gasteiger partial charge in [-0.25, -0.2) is 0 Å². The van der Waals surface area contributed by atoms with Gasteiger partial charge in [-0.2, -0.15) is 0 Å². The zero-order chi connectivity index (χ0) is 21.8. The number of amides is 1. The van der Waals surface area contributed by atoms with Gasteiger partial charge in [-0.05, 0) is 42.3 Å². The minimum absolute atomic E-state index is 0.0126. The van der Waals surface area contributed by atoms with Crippen molar-refractivity contribution in [3.8, 4) is 5.75 Å². The Labute approximate surface area is 180 Å². The van der Waals surface area contributed by atoms with Crippen LogP contribution in [0.2, 0.25) is 0 Å². The lowest BCUT2D eigenvalue weighted by atomic mass is 10.0. The number of hydrogen-bond donors (Lipinski definition) is 1. The summed E-state index contributed by atoms with van der Waals surface area (Å²) in [6.07, 6.45) is 0. The van der Waals surface area contributed by atoms with Gasteiger partial charge in [0.1, 0.15) is 11.3 Å². The van der Waals surface area contributed by atoms with E-state index in [1.54, 1.807) is 19.2 Å². The van der Waals surface area contributed by atoms with Crippen LogP contribution in [0.4, 0.5) is 0 Å². The maximum absolute atomic E-state index is 12.8. The van der Waals surface area contributed by atoms with E-state index >= 15 is 0 Å². The van der Waals surface area contributed by atoms with Crippen molar-refractivity contribution in [3.05, 3.63) is 75.6 Å². The molecule has 0 spiro atoms. The first kappa shape index (κ1) is 21.1. The van der Waals surface area contributed by atoms with Gasteiger partial charge in [0, 0.05) is 25.7 Å². The molecule has 31 heavy (non-hydrogen) atoms. The molecule has 7 nitrogen and oxygen atoms in total. The maximum Gasteiger partial charge on any atom is 0.287 e. The predicted molar refractivity (Wildman–Crippen MR) is 118 cm³/mol. The van der Waals surface area contributed by atoms with E-state index in [9.17, 15) is 9.59 Å². The zero-order valence-electron chi connectivity index (χ0n) is 17.7. The summed E-state index contributed by atoms with van der Waals surface area (Å²) in [6.45, 7) is 5.14. The Kier molecular flexibility index (Phi) is 6.34. The molecule has 0 radical (unpaired) electrons. The summed E-state index contributed by atoms with van der Waals surface area (Å²) in [4.78, 5) is 27.5. The average Bonchev–Trinajstić information content (AvgIpc) is 2.79. The average molecular weight is 422 g/mol. The maximum atomic E-state index is 12.8. The first-order chi connectivity index (χ1) is 15.0. The zero-order valence-corrected chi connectivity index (χ0v) is 17.7. The highest BCUT2D eigenvalue weighted by molar-refractivity contribution is 5.93. The van der Waals surface area contributed by atoms with Gasteiger partial charge in [0.15, 0.2) is 11.2 Å². The van der Waals surface area contributed by atoms with Crippen LogP contribution in [0, 0.1) is 6.92 Å². The molecule has 162 valence electrons. The summed E-state index contributed by atoms with van der Waals surface area (Å²) in [7, 11) is 1.63. The monoisotopic (exact) mass is 422 g/mol. The number of fused-ring (bicyclic) bond motifs is 1. The van der Waals surface area contributed by atoms with Crippen molar-refractivity contribution in [2.45, 2.75) is 13.0 Å². The van der Waals surface area contributed by atoms with Crippen LogP contribution >= 0.6 is 0 Å². The number of hydrogen-bond acceptors (Lipinski definition) is 6. The molecule has 0 bridgehead atoms. The summed E-state index contributed by atoms with van der Waals surface area (Å²) in [6, 6.07) is 14.4. The number of carbonyl (C=O) groups is 1. The minimum Gasteiger partial charge on any atom is -0.497 e. The molecule has 0 unspecified atom stereocenters. The van der Waals surface area contributed by atoms with Gasteiger partial charge in [0.25, 0.3) is 5.91 Å². The lowest BCUT2D eigenvalue weighted by Gasteiger charge is -2.35. The summed E-state index contributed by atoms with van der Waals surface area (Å²) in [5.74, 6) is 0.382. The first-order valence-corrected chi connectivity index (χ1v) is 10.3. The van der Waals surface area contributed by atoms with Gasteiger partial charge >= 0.3 is 0 Å². The Balaban J connectivity index is 1.55. The highest BCUT2D eigenvalue weighted by Crippen LogP contribution is 2.24. The molecule has 2 aromatic carbocycles. The molecule has 1 amide bonds. The SMILES string of the molecule is COc1ccc([C@@H](CNC(=O)c2cc(=O)c3ccc(C)cc3o2)N2CCOCC2)cc1. The van der Waals surface area contributed by atoms with Gasteiger partial charge in [-0.1, -0.05) is 18.2 Å². The highest BCUT2D eigenvalue weighted by atomic mass is 16.5. The van der Waals surface area contributed by atoms with Crippen LogP contribution in [0.25, 0.3) is 11.0 Å². The number of benzene rings is 2. The molecule has 1 N–H and O–H groups in total. The number of nitrogens with one attached hydrogen (secondary N) is 1. The quantitative estimate of drug-likeness (QED) is 0.658. The molecule has 2 heterocycles. The largest absolute Gasteiger partial charge is 0.497 e. The van der Waals surface area contributed by atoms with Crippen LogP contribution in [-0.4, -0.2) is 50.8 Å². The molecule has 1 aliphatic rings. The Bertz CT molecular complexity index is 1120. The molecule has 1 atom stereocenters. The van der Waals surface area contributed by atoms with Gasteiger partial charge in [-0.3, -0.25) is 14.5 Å². The molecule has 1 saturated heterocycles. The number of nitrogens with zero attached hydrogens (tertiary/aromatic N) is 1. The predicted octanol–water partition coefficient (Wildman–Crippen LogP) is 2.91. The van der Waals surface area contributed by atoms with E-state index in [2.05, 4.69) is 10.2 Å². The van der Waals surface area contributed by atoms with Crippen molar-refractivity contribution in [2.75, 3.05) is 40.0 Å². The Morgan fingerprint density at radius 2 is 1.87 bits per heavy atom. The fourth-order valence-electron chi connectivity index (χ4n) is 3.82. The molecule has 1 aromatic heterocycles. The first-order valence-electron chi connectivity index (χ1n) is 10.3.